The monoisotopic (exact) mass is 314 g/mol. The van der Waals surface area contributed by atoms with Gasteiger partial charge in [-0.3, -0.25) is 0 Å². The molecule has 1 rings (SSSR count). The Morgan fingerprint density at radius 3 is 2.50 bits per heavy atom. The van der Waals surface area contributed by atoms with Crippen molar-refractivity contribution in [1.82, 2.24) is 0 Å². The average molecular weight is 315 g/mol. The van der Waals surface area contributed by atoms with Crippen molar-refractivity contribution >= 4 is 19.7 Å². The lowest BCUT2D eigenvalue weighted by atomic mass is 10.0. The van der Waals surface area contributed by atoms with Crippen molar-refractivity contribution in [3.63, 3.8) is 0 Å². The normalized spacial score (nSPS) is 11.1. The van der Waals surface area contributed by atoms with E-state index in [2.05, 4.69) is 11.8 Å². The van der Waals surface area contributed by atoms with Crippen LogP contribution < -0.4 is 4.74 Å². The van der Waals surface area contributed by atoms with Crippen molar-refractivity contribution in [2.75, 3.05) is 6.61 Å². The van der Waals surface area contributed by atoms with Crippen LogP contribution in [0, 0.1) is 18.8 Å². The van der Waals surface area contributed by atoms with E-state index in [9.17, 15) is 8.42 Å². The minimum absolute atomic E-state index is 0.0388. The van der Waals surface area contributed by atoms with E-state index in [1.807, 2.05) is 13.8 Å². The molecule has 0 fully saturated rings. The molecule has 0 atom stereocenters. The van der Waals surface area contributed by atoms with Gasteiger partial charge in [-0.1, -0.05) is 13.8 Å². The van der Waals surface area contributed by atoms with Gasteiger partial charge in [0.15, 0.2) is 0 Å². The minimum Gasteiger partial charge on any atom is -0.492 e. The van der Waals surface area contributed by atoms with Crippen LogP contribution in [0.4, 0.5) is 0 Å². The summed E-state index contributed by atoms with van der Waals surface area (Å²) in [6.45, 7) is 7.90. The number of hydrogen-bond donors (Lipinski definition) is 0. The summed E-state index contributed by atoms with van der Waals surface area (Å²) < 4.78 is 28.9. The second-order valence-electron chi connectivity index (χ2n) is 4.77. The van der Waals surface area contributed by atoms with Crippen LogP contribution >= 0.6 is 10.7 Å². The van der Waals surface area contributed by atoms with Gasteiger partial charge >= 0.3 is 0 Å². The lowest BCUT2D eigenvalue weighted by molar-refractivity contribution is 0.324. The van der Waals surface area contributed by atoms with Gasteiger partial charge in [-0.05, 0) is 43.0 Å². The van der Waals surface area contributed by atoms with E-state index >= 15 is 0 Å². The highest BCUT2D eigenvalue weighted by Gasteiger charge is 2.20. The molecule has 0 aliphatic rings. The highest BCUT2D eigenvalue weighted by atomic mass is 35.7. The van der Waals surface area contributed by atoms with Gasteiger partial charge < -0.3 is 4.74 Å². The Labute approximate surface area is 125 Å². The third-order valence-corrected chi connectivity index (χ3v) is 4.23. The van der Waals surface area contributed by atoms with Crippen LogP contribution in [-0.4, -0.2) is 15.0 Å². The largest absolute Gasteiger partial charge is 0.492 e. The number of halogens is 1. The van der Waals surface area contributed by atoms with Gasteiger partial charge in [-0.15, -0.1) is 11.8 Å². The molecule has 1 aromatic rings. The summed E-state index contributed by atoms with van der Waals surface area (Å²) in [4.78, 5) is 0.160. The lowest BCUT2D eigenvalue weighted by Gasteiger charge is -2.15. The molecule has 0 saturated carbocycles. The van der Waals surface area contributed by atoms with E-state index in [0.717, 1.165) is 5.56 Å². The van der Waals surface area contributed by atoms with Crippen molar-refractivity contribution in [2.45, 2.75) is 44.9 Å². The molecule has 110 valence electrons. The van der Waals surface area contributed by atoms with Crippen LogP contribution in [-0.2, 0) is 9.05 Å². The molecule has 5 heteroatoms. The maximum Gasteiger partial charge on any atom is 0.261 e. The molecule has 0 aliphatic heterocycles. The molecule has 0 heterocycles. The summed E-state index contributed by atoms with van der Waals surface area (Å²) in [7, 11) is 1.74. The Morgan fingerprint density at radius 2 is 2.00 bits per heavy atom. The van der Waals surface area contributed by atoms with Gasteiger partial charge in [0.25, 0.3) is 9.05 Å². The van der Waals surface area contributed by atoms with Crippen molar-refractivity contribution in [3.05, 3.63) is 23.3 Å². The van der Waals surface area contributed by atoms with E-state index in [4.69, 9.17) is 15.4 Å². The Kier molecular flexibility index (Phi) is 5.91. The summed E-state index contributed by atoms with van der Waals surface area (Å²) in [5, 5.41) is 0. The second-order valence-corrected chi connectivity index (χ2v) is 7.31. The molecule has 0 amide bonds. The first kappa shape index (κ1) is 16.9. The van der Waals surface area contributed by atoms with Crippen molar-refractivity contribution in [3.8, 4) is 17.6 Å². The fraction of sp³-hybridized carbons (Fsp3) is 0.467. The maximum atomic E-state index is 11.6. The smallest absolute Gasteiger partial charge is 0.261 e. The van der Waals surface area contributed by atoms with Crippen molar-refractivity contribution in [1.29, 1.82) is 0 Å². The molecule has 0 N–H and O–H groups in total. The van der Waals surface area contributed by atoms with Crippen molar-refractivity contribution in [2.24, 2.45) is 0 Å². The number of hydrogen-bond acceptors (Lipinski definition) is 3. The third-order valence-electron chi connectivity index (χ3n) is 2.85. The van der Waals surface area contributed by atoms with Gasteiger partial charge in [-0.25, -0.2) is 8.42 Å². The van der Waals surface area contributed by atoms with Gasteiger partial charge in [0, 0.05) is 17.1 Å². The molecule has 20 heavy (non-hydrogen) atoms. The predicted octanol–water partition coefficient (Wildman–Crippen LogP) is 3.84. The highest BCUT2D eigenvalue weighted by molar-refractivity contribution is 8.13. The Morgan fingerprint density at radius 1 is 1.35 bits per heavy atom. The van der Waals surface area contributed by atoms with E-state index in [-0.39, 0.29) is 10.8 Å². The molecule has 0 radical (unpaired) electrons. The molecule has 3 nitrogen and oxygen atoms in total. The van der Waals surface area contributed by atoms with Gasteiger partial charge in [-0.2, -0.15) is 0 Å². The van der Waals surface area contributed by atoms with Crippen LogP contribution in [0.2, 0.25) is 0 Å². The highest BCUT2D eigenvalue weighted by Crippen LogP contribution is 2.32. The van der Waals surface area contributed by atoms with E-state index in [1.54, 1.807) is 26.0 Å². The summed E-state index contributed by atoms with van der Waals surface area (Å²) in [5.74, 6) is 6.43. The molecule has 0 aliphatic carbocycles. The molecule has 0 bridgehead atoms. The molecule has 0 unspecified atom stereocenters. The van der Waals surface area contributed by atoms with Crippen molar-refractivity contribution < 1.29 is 13.2 Å². The zero-order valence-electron chi connectivity index (χ0n) is 12.2. The summed E-state index contributed by atoms with van der Waals surface area (Å²) in [6, 6.07) is 3.33. The summed E-state index contributed by atoms with van der Waals surface area (Å²) in [6.07, 6.45) is 0.641. The van der Waals surface area contributed by atoms with E-state index in [1.165, 1.54) is 0 Å². The fourth-order valence-corrected chi connectivity index (χ4v) is 3.13. The quantitative estimate of drug-likeness (QED) is 0.471. The lowest BCUT2D eigenvalue weighted by Crippen LogP contribution is -2.04. The summed E-state index contributed by atoms with van der Waals surface area (Å²) in [5.41, 5.74) is 1.42. The Hall–Kier alpha value is -1.18. The maximum absolute atomic E-state index is 11.6. The zero-order chi connectivity index (χ0) is 15.3. The number of aryl methyl sites for hydroxylation is 1. The summed E-state index contributed by atoms with van der Waals surface area (Å²) >= 11 is 0. The van der Waals surface area contributed by atoms with Crippen LogP contribution in [0.1, 0.15) is 44.2 Å². The average Bonchev–Trinajstić information content (AvgIpc) is 2.34. The van der Waals surface area contributed by atoms with Crippen LogP contribution in [0.25, 0.3) is 0 Å². The third kappa shape index (κ3) is 4.43. The standard InChI is InChI=1S/C15H19ClO3S/c1-5-6-7-8-19-14-10-13(11(2)3)15(9-12(14)4)20(16,17)18/h9-11H,7-8H2,1-4H3. The molecular weight excluding hydrogens is 296 g/mol. The van der Waals surface area contributed by atoms with Gasteiger partial charge in [0.2, 0.25) is 0 Å². The fourth-order valence-electron chi connectivity index (χ4n) is 1.83. The number of benzene rings is 1. The van der Waals surface area contributed by atoms with E-state index < -0.39 is 9.05 Å². The van der Waals surface area contributed by atoms with Crippen LogP contribution in [0.15, 0.2) is 17.0 Å². The van der Waals surface area contributed by atoms with Crippen LogP contribution in [0.3, 0.4) is 0 Å². The topological polar surface area (TPSA) is 43.4 Å². The van der Waals surface area contributed by atoms with Gasteiger partial charge in [0.05, 0.1) is 11.5 Å². The Balaban J connectivity index is 3.16. The molecule has 0 spiro atoms. The molecule has 1 aromatic carbocycles. The molecular formula is C15H19ClO3S. The van der Waals surface area contributed by atoms with E-state index in [0.29, 0.717) is 24.3 Å². The first-order chi connectivity index (χ1) is 9.27. The molecule has 0 aromatic heterocycles. The minimum atomic E-state index is -3.75. The number of rotatable bonds is 5. The predicted molar refractivity (Wildman–Crippen MR) is 81.9 cm³/mol. The van der Waals surface area contributed by atoms with Crippen LogP contribution in [0.5, 0.6) is 5.75 Å². The second kappa shape index (κ2) is 7.01. The first-order valence-corrected chi connectivity index (χ1v) is 8.70. The SMILES string of the molecule is CC#CCCOc1cc(C(C)C)c(S(=O)(=O)Cl)cc1C. The zero-order valence-corrected chi connectivity index (χ0v) is 13.7. The first-order valence-electron chi connectivity index (χ1n) is 6.39. The Bertz CT molecular complexity index is 637. The van der Waals surface area contributed by atoms with Gasteiger partial charge in [0.1, 0.15) is 5.75 Å². The number of ether oxygens (including phenoxy) is 1. The molecule has 0 saturated heterocycles.